The Balaban J connectivity index is 2.42. The number of hydrogen-bond acceptors (Lipinski definition) is 3. The van der Waals surface area contributed by atoms with Crippen molar-refractivity contribution in [3.8, 4) is 0 Å². The average molecular weight is 277 g/mol. The van der Waals surface area contributed by atoms with E-state index in [4.69, 9.17) is 22.9 Å². The molecule has 0 amide bonds. The molecule has 0 spiro atoms. The van der Waals surface area contributed by atoms with Crippen molar-refractivity contribution in [2.75, 3.05) is 11.4 Å². The molecule has 0 aromatic carbocycles. The molecule has 104 valence electrons. The molecule has 1 heterocycles. The van der Waals surface area contributed by atoms with Gasteiger partial charge in [0.25, 0.3) is 0 Å². The summed E-state index contributed by atoms with van der Waals surface area (Å²) in [5.74, 6) is 1.00. The second-order valence-corrected chi connectivity index (χ2v) is 5.86. The van der Waals surface area contributed by atoms with Crippen molar-refractivity contribution < 1.29 is 0 Å². The lowest BCUT2D eigenvalue weighted by Gasteiger charge is -2.27. The highest BCUT2D eigenvalue weighted by Crippen LogP contribution is 2.34. The summed E-state index contributed by atoms with van der Waals surface area (Å²) in [6.07, 6.45) is 4.89. The maximum atomic E-state index is 5.92. The van der Waals surface area contributed by atoms with E-state index in [-0.39, 0.29) is 0 Å². The second kappa shape index (κ2) is 5.87. The van der Waals surface area contributed by atoms with Crippen LogP contribution in [0.1, 0.15) is 49.4 Å². The van der Waals surface area contributed by atoms with Crippen LogP contribution in [0.4, 0.5) is 5.82 Å². The molecular formula is C15H23N3S. The van der Waals surface area contributed by atoms with E-state index in [1.165, 1.54) is 25.7 Å². The minimum absolute atomic E-state index is 0.460. The van der Waals surface area contributed by atoms with Gasteiger partial charge in [-0.3, -0.25) is 0 Å². The molecule has 0 aliphatic heterocycles. The fourth-order valence-electron chi connectivity index (χ4n) is 2.51. The minimum atomic E-state index is 0.460. The van der Waals surface area contributed by atoms with Gasteiger partial charge in [0.15, 0.2) is 0 Å². The monoisotopic (exact) mass is 277 g/mol. The smallest absolute Gasteiger partial charge is 0.139 e. The maximum absolute atomic E-state index is 5.92. The molecule has 1 aromatic heterocycles. The average Bonchev–Trinajstić information content (AvgIpc) is 3.12. The third-order valence-electron chi connectivity index (χ3n) is 3.58. The number of rotatable bonds is 6. The van der Waals surface area contributed by atoms with Crippen LogP contribution in [0.25, 0.3) is 0 Å². The van der Waals surface area contributed by atoms with Crippen molar-refractivity contribution in [2.45, 2.75) is 52.5 Å². The van der Waals surface area contributed by atoms with Crippen molar-refractivity contribution in [1.82, 2.24) is 4.98 Å². The van der Waals surface area contributed by atoms with Crippen molar-refractivity contribution in [1.29, 1.82) is 0 Å². The highest BCUT2D eigenvalue weighted by molar-refractivity contribution is 7.80. The summed E-state index contributed by atoms with van der Waals surface area (Å²) in [4.78, 5) is 7.60. The molecule has 0 bridgehead atoms. The molecule has 1 fully saturated rings. The summed E-state index contributed by atoms with van der Waals surface area (Å²) in [5, 5.41) is 0. The Bertz CT molecular complexity index is 481. The van der Waals surface area contributed by atoms with E-state index in [0.717, 1.165) is 29.2 Å². The molecule has 1 aliphatic rings. The minimum Gasteiger partial charge on any atom is -0.389 e. The van der Waals surface area contributed by atoms with E-state index in [0.29, 0.717) is 11.0 Å². The number of thiocarbonyl (C=S) groups is 1. The first-order chi connectivity index (χ1) is 9.04. The maximum Gasteiger partial charge on any atom is 0.139 e. The highest BCUT2D eigenvalue weighted by Gasteiger charge is 2.31. The van der Waals surface area contributed by atoms with Crippen molar-refractivity contribution in [2.24, 2.45) is 5.73 Å². The van der Waals surface area contributed by atoms with Crippen molar-refractivity contribution in [3.05, 3.63) is 22.9 Å². The van der Waals surface area contributed by atoms with Gasteiger partial charge in [-0.25, -0.2) is 4.98 Å². The van der Waals surface area contributed by atoms with Crippen LogP contribution in [0.2, 0.25) is 0 Å². The quantitative estimate of drug-likeness (QED) is 0.811. The van der Waals surface area contributed by atoms with Crippen molar-refractivity contribution in [3.63, 3.8) is 0 Å². The lowest BCUT2D eigenvalue weighted by atomic mass is 10.1. The Morgan fingerprint density at radius 1 is 1.47 bits per heavy atom. The normalized spacial score (nSPS) is 14.5. The van der Waals surface area contributed by atoms with Gasteiger partial charge in [-0.15, -0.1) is 0 Å². The van der Waals surface area contributed by atoms with Crippen LogP contribution in [-0.4, -0.2) is 22.6 Å². The molecule has 0 saturated heterocycles. The van der Waals surface area contributed by atoms with Crippen LogP contribution >= 0.6 is 12.2 Å². The van der Waals surface area contributed by atoms with Gasteiger partial charge in [0.05, 0.1) is 5.56 Å². The molecule has 1 aliphatic carbocycles. The first-order valence-electron chi connectivity index (χ1n) is 7.09. The van der Waals surface area contributed by atoms with Gasteiger partial charge in [0.1, 0.15) is 10.8 Å². The van der Waals surface area contributed by atoms with E-state index < -0.39 is 0 Å². The van der Waals surface area contributed by atoms with E-state index in [1.807, 2.05) is 6.92 Å². The predicted octanol–water partition coefficient (Wildman–Crippen LogP) is 3.10. The molecule has 0 atom stereocenters. The fourth-order valence-corrected chi connectivity index (χ4v) is 2.76. The first-order valence-corrected chi connectivity index (χ1v) is 7.50. The zero-order valence-electron chi connectivity index (χ0n) is 12.1. The molecular weight excluding hydrogens is 254 g/mol. The van der Waals surface area contributed by atoms with E-state index in [9.17, 15) is 0 Å². The number of nitrogens with zero attached hydrogens (tertiary/aromatic N) is 2. The Labute approximate surface area is 121 Å². The zero-order valence-corrected chi connectivity index (χ0v) is 12.9. The Morgan fingerprint density at radius 2 is 2.16 bits per heavy atom. The number of unbranched alkanes of at least 4 members (excludes halogenated alkanes) is 1. The number of anilines is 1. The summed E-state index contributed by atoms with van der Waals surface area (Å²) in [7, 11) is 0. The SMILES string of the molecule is CCCCN(c1nc(C)cc(C)c1C(N)=S)C1CC1. The van der Waals surface area contributed by atoms with Crippen LogP contribution in [0, 0.1) is 13.8 Å². The van der Waals surface area contributed by atoms with Crippen LogP contribution in [-0.2, 0) is 0 Å². The van der Waals surface area contributed by atoms with E-state index in [2.05, 4.69) is 24.8 Å². The van der Waals surface area contributed by atoms with Gasteiger partial charge in [0, 0.05) is 18.3 Å². The lowest BCUT2D eigenvalue weighted by molar-refractivity contribution is 0.702. The standard InChI is InChI=1S/C15H23N3S/c1-4-5-8-18(12-6-7-12)15-13(14(16)19)10(2)9-11(3)17-15/h9,12H,4-8H2,1-3H3,(H2,16,19). The first kappa shape index (κ1) is 14.3. The van der Waals surface area contributed by atoms with Crippen LogP contribution in [0.15, 0.2) is 6.07 Å². The van der Waals surface area contributed by atoms with Gasteiger partial charge in [-0.1, -0.05) is 25.6 Å². The topological polar surface area (TPSA) is 42.2 Å². The Hall–Kier alpha value is -1.16. The lowest BCUT2D eigenvalue weighted by Crippen LogP contribution is -2.31. The molecule has 19 heavy (non-hydrogen) atoms. The molecule has 3 nitrogen and oxygen atoms in total. The summed E-state index contributed by atoms with van der Waals surface area (Å²) in [6.45, 7) is 7.36. The molecule has 2 rings (SSSR count). The number of pyridine rings is 1. The molecule has 4 heteroatoms. The Kier molecular flexibility index (Phi) is 4.40. The fraction of sp³-hybridized carbons (Fsp3) is 0.600. The molecule has 0 radical (unpaired) electrons. The van der Waals surface area contributed by atoms with Gasteiger partial charge >= 0.3 is 0 Å². The molecule has 0 unspecified atom stereocenters. The second-order valence-electron chi connectivity index (χ2n) is 5.42. The molecule has 1 aromatic rings. The molecule has 1 saturated carbocycles. The third-order valence-corrected chi connectivity index (χ3v) is 3.79. The van der Waals surface area contributed by atoms with E-state index in [1.54, 1.807) is 0 Å². The largest absolute Gasteiger partial charge is 0.389 e. The van der Waals surface area contributed by atoms with Crippen LogP contribution in [0.5, 0.6) is 0 Å². The third kappa shape index (κ3) is 3.24. The van der Waals surface area contributed by atoms with Crippen LogP contribution < -0.4 is 10.6 Å². The molecule has 2 N–H and O–H groups in total. The summed E-state index contributed by atoms with van der Waals surface area (Å²) >= 11 is 5.23. The summed E-state index contributed by atoms with van der Waals surface area (Å²) in [6, 6.07) is 2.69. The number of aryl methyl sites for hydroxylation is 2. The summed E-state index contributed by atoms with van der Waals surface area (Å²) < 4.78 is 0. The summed E-state index contributed by atoms with van der Waals surface area (Å²) in [5.41, 5.74) is 9.05. The van der Waals surface area contributed by atoms with E-state index >= 15 is 0 Å². The highest BCUT2D eigenvalue weighted by atomic mass is 32.1. The van der Waals surface area contributed by atoms with Gasteiger partial charge in [-0.2, -0.15) is 0 Å². The number of hydrogen-bond donors (Lipinski definition) is 1. The predicted molar refractivity (Wildman–Crippen MR) is 84.9 cm³/mol. The van der Waals surface area contributed by atoms with Crippen molar-refractivity contribution >= 4 is 23.0 Å². The van der Waals surface area contributed by atoms with Gasteiger partial charge < -0.3 is 10.6 Å². The number of nitrogens with two attached hydrogens (primary N) is 1. The number of aromatic nitrogens is 1. The van der Waals surface area contributed by atoms with Gasteiger partial charge in [-0.05, 0) is 44.7 Å². The zero-order chi connectivity index (χ0) is 14.0. The Morgan fingerprint density at radius 3 is 2.68 bits per heavy atom. The van der Waals surface area contributed by atoms with Gasteiger partial charge in [0.2, 0.25) is 0 Å². The van der Waals surface area contributed by atoms with Crippen LogP contribution in [0.3, 0.4) is 0 Å².